The summed E-state index contributed by atoms with van der Waals surface area (Å²) in [5.41, 5.74) is 2.69. The molecule has 1 aliphatic rings. The third-order valence-electron chi connectivity index (χ3n) is 4.30. The van der Waals surface area contributed by atoms with E-state index in [1.165, 1.54) is 12.1 Å². The van der Waals surface area contributed by atoms with Gasteiger partial charge in [-0.1, -0.05) is 0 Å². The number of halogens is 2. The van der Waals surface area contributed by atoms with Crippen LogP contribution in [0.1, 0.15) is 18.3 Å². The number of ether oxygens (including phenoxy) is 2. The van der Waals surface area contributed by atoms with E-state index < -0.39 is 6.29 Å². The Bertz CT molecular complexity index is 1100. The van der Waals surface area contributed by atoms with Crippen LogP contribution in [0.3, 0.4) is 0 Å². The standard InChI is InChI=1S/C20H19F2N5O3/c1-3-23-19(28)11-15-10-18(26-27(15)14-6-7-24-12(2)8-14)25-13-4-5-16-17(9-13)30-20(21,22)29-16/h4-10H,3,11H2,1-2H3,(H,23,28)(H,25,26). The third-order valence-corrected chi connectivity index (χ3v) is 4.30. The minimum atomic E-state index is -3.68. The number of likely N-dealkylation sites (N-methyl/N-ethyl adjacent to an activating group) is 1. The van der Waals surface area contributed by atoms with Gasteiger partial charge in [0.1, 0.15) is 0 Å². The van der Waals surface area contributed by atoms with Gasteiger partial charge in [-0.05, 0) is 38.1 Å². The lowest BCUT2D eigenvalue weighted by Crippen LogP contribution is -2.25. The van der Waals surface area contributed by atoms with E-state index in [0.29, 0.717) is 23.7 Å². The van der Waals surface area contributed by atoms with Gasteiger partial charge in [-0.25, -0.2) is 4.68 Å². The summed E-state index contributed by atoms with van der Waals surface area (Å²) < 4.78 is 37.0. The summed E-state index contributed by atoms with van der Waals surface area (Å²) in [7, 11) is 0. The van der Waals surface area contributed by atoms with Crippen LogP contribution in [0.2, 0.25) is 0 Å². The molecule has 0 radical (unpaired) electrons. The SMILES string of the molecule is CCNC(=O)Cc1cc(Nc2ccc3c(c2)OC(F)(F)O3)nn1-c1ccnc(C)c1. The minimum Gasteiger partial charge on any atom is -0.395 e. The first-order valence-corrected chi connectivity index (χ1v) is 9.28. The van der Waals surface area contributed by atoms with Gasteiger partial charge in [-0.3, -0.25) is 9.78 Å². The van der Waals surface area contributed by atoms with Crippen LogP contribution in [0.5, 0.6) is 11.5 Å². The van der Waals surface area contributed by atoms with Crippen molar-refractivity contribution in [3.63, 3.8) is 0 Å². The summed E-state index contributed by atoms with van der Waals surface area (Å²) in [6, 6.07) is 9.72. The Morgan fingerprint density at radius 2 is 1.97 bits per heavy atom. The number of nitrogens with one attached hydrogen (secondary N) is 2. The van der Waals surface area contributed by atoms with Crippen molar-refractivity contribution in [1.82, 2.24) is 20.1 Å². The average Bonchev–Trinajstić information content (AvgIpc) is 3.20. The molecule has 0 fully saturated rings. The number of hydrogen-bond acceptors (Lipinski definition) is 6. The Morgan fingerprint density at radius 3 is 2.73 bits per heavy atom. The number of aromatic nitrogens is 3. The van der Waals surface area contributed by atoms with E-state index in [2.05, 4.69) is 30.2 Å². The number of carbonyl (C=O) groups excluding carboxylic acids is 1. The van der Waals surface area contributed by atoms with Gasteiger partial charge < -0.3 is 20.1 Å². The summed E-state index contributed by atoms with van der Waals surface area (Å²) in [6.45, 7) is 4.23. The molecule has 30 heavy (non-hydrogen) atoms. The molecule has 8 nitrogen and oxygen atoms in total. The summed E-state index contributed by atoms with van der Waals surface area (Å²) in [6.07, 6.45) is -1.90. The first-order chi connectivity index (χ1) is 14.3. The maximum absolute atomic E-state index is 13.2. The molecule has 4 rings (SSSR count). The molecule has 10 heteroatoms. The molecule has 3 aromatic rings. The molecule has 156 valence electrons. The van der Waals surface area contributed by atoms with Crippen LogP contribution in [-0.2, 0) is 11.2 Å². The smallest absolute Gasteiger partial charge is 0.395 e. The van der Waals surface area contributed by atoms with Crippen LogP contribution >= 0.6 is 0 Å². The fourth-order valence-electron chi connectivity index (χ4n) is 3.09. The van der Waals surface area contributed by atoms with Crippen LogP contribution in [0, 0.1) is 6.92 Å². The number of rotatable bonds is 6. The molecule has 1 aliphatic heterocycles. The van der Waals surface area contributed by atoms with Crippen molar-refractivity contribution < 1.29 is 23.0 Å². The van der Waals surface area contributed by atoms with E-state index >= 15 is 0 Å². The first kappa shape index (κ1) is 19.6. The number of carbonyl (C=O) groups is 1. The number of alkyl halides is 2. The Kier molecular flexibility index (Phi) is 4.98. The van der Waals surface area contributed by atoms with E-state index in [1.807, 2.05) is 19.9 Å². The Labute approximate surface area is 170 Å². The molecule has 3 heterocycles. The molecule has 0 unspecified atom stereocenters. The molecular formula is C20H19F2N5O3. The van der Waals surface area contributed by atoms with E-state index in [0.717, 1.165) is 11.4 Å². The second-order valence-corrected chi connectivity index (χ2v) is 6.67. The number of aryl methyl sites for hydroxylation is 1. The summed E-state index contributed by atoms with van der Waals surface area (Å²) in [4.78, 5) is 16.3. The lowest BCUT2D eigenvalue weighted by Gasteiger charge is -2.08. The molecule has 2 N–H and O–H groups in total. The highest BCUT2D eigenvalue weighted by Crippen LogP contribution is 2.42. The number of pyridine rings is 1. The number of amides is 1. The quantitative estimate of drug-likeness (QED) is 0.642. The number of hydrogen-bond donors (Lipinski definition) is 2. The van der Waals surface area contributed by atoms with Crippen LogP contribution in [0.25, 0.3) is 5.69 Å². The summed E-state index contributed by atoms with van der Waals surface area (Å²) >= 11 is 0. The van der Waals surface area contributed by atoms with Crippen molar-refractivity contribution >= 4 is 17.4 Å². The predicted molar refractivity (Wildman–Crippen MR) is 104 cm³/mol. The van der Waals surface area contributed by atoms with Crippen molar-refractivity contribution in [3.05, 3.63) is 54.0 Å². The normalized spacial score (nSPS) is 13.9. The van der Waals surface area contributed by atoms with E-state index in [-0.39, 0.29) is 23.8 Å². The molecule has 1 aromatic carbocycles. The van der Waals surface area contributed by atoms with Crippen LogP contribution in [0.15, 0.2) is 42.6 Å². The second-order valence-electron chi connectivity index (χ2n) is 6.67. The van der Waals surface area contributed by atoms with Crippen molar-refractivity contribution in [2.45, 2.75) is 26.6 Å². The zero-order chi connectivity index (χ0) is 21.3. The molecule has 1 amide bonds. The van der Waals surface area contributed by atoms with Gasteiger partial charge in [0.15, 0.2) is 17.3 Å². The Hall–Kier alpha value is -3.69. The predicted octanol–water partition coefficient (Wildman–Crippen LogP) is 3.32. The van der Waals surface area contributed by atoms with Gasteiger partial charge in [-0.2, -0.15) is 0 Å². The van der Waals surface area contributed by atoms with Crippen molar-refractivity contribution in [1.29, 1.82) is 0 Å². The number of benzene rings is 1. The van der Waals surface area contributed by atoms with Crippen molar-refractivity contribution in [2.24, 2.45) is 0 Å². The maximum atomic E-state index is 13.2. The molecule has 0 spiro atoms. The van der Waals surface area contributed by atoms with Gasteiger partial charge in [0.25, 0.3) is 0 Å². The zero-order valence-electron chi connectivity index (χ0n) is 16.3. The Morgan fingerprint density at radius 1 is 1.17 bits per heavy atom. The molecule has 0 atom stereocenters. The zero-order valence-corrected chi connectivity index (χ0v) is 16.3. The van der Waals surface area contributed by atoms with Gasteiger partial charge in [0.2, 0.25) is 5.91 Å². The lowest BCUT2D eigenvalue weighted by molar-refractivity contribution is -0.286. The highest BCUT2D eigenvalue weighted by molar-refractivity contribution is 5.78. The molecule has 0 saturated carbocycles. The number of fused-ring (bicyclic) bond motifs is 1. The maximum Gasteiger partial charge on any atom is 0.586 e. The van der Waals surface area contributed by atoms with Crippen molar-refractivity contribution in [2.75, 3.05) is 11.9 Å². The highest BCUT2D eigenvalue weighted by Gasteiger charge is 2.43. The molecule has 0 aliphatic carbocycles. The van der Waals surface area contributed by atoms with Crippen molar-refractivity contribution in [3.8, 4) is 17.2 Å². The van der Waals surface area contributed by atoms with Crippen LogP contribution in [0.4, 0.5) is 20.3 Å². The van der Waals surface area contributed by atoms with Crippen LogP contribution < -0.4 is 20.1 Å². The monoisotopic (exact) mass is 415 g/mol. The fraction of sp³-hybridized carbons (Fsp3) is 0.250. The topological polar surface area (TPSA) is 90.3 Å². The van der Waals surface area contributed by atoms with Gasteiger partial charge in [0, 0.05) is 36.3 Å². The third kappa shape index (κ3) is 4.17. The number of nitrogens with zero attached hydrogens (tertiary/aromatic N) is 3. The first-order valence-electron chi connectivity index (χ1n) is 9.28. The van der Waals surface area contributed by atoms with Gasteiger partial charge >= 0.3 is 6.29 Å². The van der Waals surface area contributed by atoms with E-state index in [4.69, 9.17) is 0 Å². The summed E-state index contributed by atoms with van der Waals surface area (Å²) in [5, 5.41) is 10.3. The fourth-order valence-corrected chi connectivity index (χ4v) is 3.09. The number of anilines is 2. The molecule has 2 aromatic heterocycles. The molecule has 0 saturated heterocycles. The lowest BCUT2D eigenvalue weighted by atomic mass is 10.2. The van der Waals surface area contributed by atoms with Gasteiger partial charge in [-0.15, -0.1) is 13.9 Å². The van der Waals surface area contributed by atoms with E-state index in [9.17, 15) is 13.6 Å². The van der Waals surface area contributed by atoms with E-state index in [1.54, 1.807) is 29.1 Å². The Balaban J connectivity index is 1.63. The second kappa shape index (κ2) is 7.62. The average molecular weight is 415 g/mol. The largest absolute Gasteiger partial charge is 0.586 e. The highest BCUT2D eigenvalue weighted by atomic mass is 19.3. The molecule has 0 bridgehead atoms. The summed E-state index contributed by atoms with van der Waals surface area (Å²) in [5.74, 6) is 0.188. The van der Waals surface area contributed by atoms with Crippen LogP contribution in [-0.4, -0.2) is 33.5 Å². The van der Waals surface area contributed by atoms with Gasteiger partial charge in [0.05, 0.1) is 17.8 Å². The minimum absolute atomic E-state index is 0.0414. The molecular weight excluding hydrogens is 396 g/mol.